The van der Waals surface area contributed by atoms with E-state index >= 15 is 0 Å². The molecule has 4 rings (SSSR count). The van der Waals surface area contributed by atoms with E-state index in [9.17, 15) is 0 Å². The lowest BCUT2D eigenvalue weighted by Crippen LogP contribution is -2.48. The second-order valence-corrected chi connectivity index (χ2v) is 6.10. The summed E-state index contributed by atoms with van der Waals surface area (Å²) in [4.78, 5) is 6.87. The van der Waals surface area contributed by atoms with Crippen molar-refractivity contribution in [3.63, 3.8) is 0 Å². The minimum Gasteiger partial charge on any atom is -0.337 e. The Balaban J connectivity index is 1.43. The molecule has 118 valence electrons. The van der Waals surface area contributed by atoms with Gasteiger partial charge < -0.3 is 4.52 Å². The minimum atomic E-state index is 0.118. The van der Waals surface area contributed by atoms with Gasteiger partial charge in [0.25, 0.3) is 0 Å². The maximum atomic E-state index is 5.46. The third-order valence-electron chi connectivity index (χ3n) is 4.37. The lowest BCUT2D eigenvalue weighted by Gasteiger charge is -2.41. The van der Waals surface area contributed by atoms with Crippen LogP contribution in [0.1, 0.15) is 30.5 Å². The summed E-state index contributed by atoms with van der Waals surface area (Å²) in [6, 6.07) is 10.4. The molecule has 0 aliphatic carbocycles. The standard InChI is InChI=1S/C17H19N5O/c1-12-8-18-22(9-12)15-10-21(11-15)13(2)17-19-16(20-23-17)14-6-4-3-5-7-14/h3-9,13,15H,10-11H2,1-2H3. The van der Waals surface area contributed by atoms with E-state index in [1.165, 1.54) is 5.56 Å². The highest BCUT2D eigenvalue weighted by Crippen LogP contribution is 2.30. The summed E-state index contributed by atoms with van der Waals surface area (Å²) in [5, 5.41) is 8.49. The van der Waals surface area contributed by atoms with Crippen LogP contribution in [0.2, 0.25) is 0 Å². The van der Waals surface area contributed by atoms with Gasteiger partial charge in [-0.25, -0.2) is 0 Å². The smallest absolute Gasteiger partial charge is 0.244 e. The van der Waals surface area contributed by atoms with Gasteiger partial charge in [0, 0.05) is 24.8 Å². The van der Waals surface area contributed by atoms with E-state index in [-0.39, 0.29) is 6.04 Å². The van der Waals surface area contributed by atoms with Gasteiger partial charge in [-0.1, -0.05) is 35.5 Å². The Kier molecular flexibility index (Phi) is 3.46. The molecular formula is C17H19N5O. The first-order chi connectivity index (χ1) is 11.2. The zero-order valence-corrected chi connectivity index (χ0v) is 13.3. The number of aryl methyl sites for hydroxylation is 1. The Morgan fingerprint density at radius 3 is 2.70 bits per heavy atom. The predicted octanol–water partition coefficient (Wildman–Crippen LogP) is 2.86. The maximum absolute atomic E-state index is 5.46. The molecule has 6 nitrogen and oxygen atoms in total. The molecule has 0 spiro atoms. The fraction of sp³-hybridized carbons (Fsp3) is 0.353. The van der Waals surface area contributed by atoms with E-state index in [0.29, 0.717) is 17.8 Å². The maximum Gasteiger partial charge on any atom is 0.244 e. The van der Waals surface area contributed by atoms with Crippen LogP contribution in [0.5, 0.6) is 0 Å². The lowest BCUT2D eigenvalue weighted by atomic mass is 10.1. The second kappa shape index (κ2) is 5.62. The molecule has 3 heterocycles. The van der Waals surface area contributed by atoms with Gasteiger partial charge in [0.05, 0.1) is 18.3 Å². The summed E-state index contributed by atoms with van der Waals surface area (Å²) in [7, 11) is 0. The molecule has 0 bridgehead atoms. The van der Waals surface area contributed by atoms with E-state index in [1.807, 2.05) is 41.2 Å². The van der Waals surface area contributed by atoms with Gasteiger partial charge in [0.2, 0.25) is 11.7 Å². The zero-order valence-electron chi connectivity index (χ0n) is 13.3. The Bertz CT molecular complexity index is 788. The molecule has 1 aliphatic heterocycles. The average molecular weight is 309 g/mol. The van der Waals surface area contributed by atoms with Gasteiger partial charge >= 0.3 is 0 Å². The first-order valence-electron chi connectivity index (χ1n) is 7.84. The Hall–Kier alpha value is -2.47. The van der Waals surface area contributed by atoms with Crippen molar-refractivity contribution in [1.82, 2.24) is 24.8 Å². The molecule has 23 heavy (non-hydrogen) atoms. The molecule has 1 aliphatic rings. The largest absolute Gasteiger partial charge is 0.337 e. The van der Waals surface area contributed by atoms with Crippen molar-refractivity contribution in [2.75, 3.05) is 13.1 Å². The number of likely N-dealkylation sites (tertiary alicyclic amines) is 1. The van der Waals surface area contributed by atoms with Gasteiger partial charge in [-0.15, -0.1) is 0 Å². The quantitative estimate of drug-likeness (QED) is 0.741. The van der Waals surface area contributed by atoms with Crippen molar-refractivity contribution in [2.45, 2.75) is 25.9 Å². The van der Waals surface area contributed by atoms with Crippen LogP contribution >= 0.6 is 0 Å². The number of aromatic nitrogens is 4. The molecule has 1 saturated heterocycles. The highest BCUT2D eigenvalue weighted by Gasteiger charge is 2.34. The number of hydrogen-bond donors (Lipinski definition) is 0. The summed E-state index contributed by atoms with van der Waals surface area (Å²) < 4.78 is 7.50. The van der Waals surface area contributed by atoms with Crippen LogP contribution in [0.4, 0.5) is 0 Å². The number of benzene rings is 1. The predicted molar refractivity (Wildman–Crippen MR) is 85.7 cm³/mol. The summed E-state index contributed by atoms with van der Waals surface area (Å²) in [6.07, 6.45) is 3.99. The van der Waals surface area contributed by atoms with Crippen LogP contribution in [0.25, 0.3) is 11.4 Å². The molecule has 6 heteroatoms. The summed E-state index contributed by atoms with van der Waals surface area (Å²) >= 11 is 0. The Morgan fingerprint density at radius 1 is 1.22 bits per heavy atom. The molecule has 1 fully saturated rings. The molecule has 2 aromatic heterocycles. The van der Waals surface area contributed by atoms with Crippen LogP contribution in [0.3, 0.4) is 0 Å². The van der Waals surface area contributed by atoms with Crippen molar-refractivity contribution in [3.05, 3.63) is 54.2 Å². The number of rotatable bonds is 4. The Labute approximate surface area is 134 Å². The fourth-order valence-corrected chi connectivity index (χ4v) is 2.87. The molecule has 0 radical (unpaired) electrons. The molecule has 1 atom stereocenters. The van der Waals surface area contributed by atoms with Crippen molar-refractivity contribution in [1.29, 1.82) is 0 Å². The highest BCUT2D eigenvalue weighted by molar-refractivity contribution is 5.53. The SMILES string of the molecule is Cc1cnn(C2CN(C(C)c3nc(-c4ccccc4)no3)C2)c1. The van der Waals surface area contributed by atoms with E-state index in [1.54, 1.807) is 0 Å². The van der Waals surface area contributed by atoms with Crippen LogP contribution in [0.15, 0.2) is 47.2 Å². The van der Waals surface area contributed by atoms with Crippen molar-refractivity contribution in [3.8, 4) is 11.4 Å². The molecule has 0 amide bonds. The minimum absolute atomic E-state index is 0.118. The molecule has 1 unspecified atom stereocenters. The van der Waals surface area contributed by atoms with Crippen LogP contribution in [0, 0.1) is 6.92 Å². The van der Waals surface area contributed by atoms with E-state index < -0.39 is 0 Å². The van der Waals surface area contributed by atoms with Crippen molar-refractivity contribution in [2.24, 2.45) is 0 Å². The summed E-state index contributed by atoms with van der Waals surface area (Å²) in [5.74, 6) is 1.31. The normalized spacial score (nSPS) is 17.1. The van der Waals surface area contributed by atoms with Gasteiger partial charge in [0.1, 0.15) is 0 Å². The fourth-order valence-electron chi connectivity index (χ4n) is 2.87. The van der Waals surface area contributed by atoms with Gasteiger partial charge in [0.15, 0.2) is 0 Å². The first-order valence-corrected chi connectivity index (χ1v) is 7.84. The Morgan fingerprint density at radius 2 is 2.00 bits per heavy atom. The van der Waals surface area contributed by atoms with Crippen LogP contribution < -0.4 is 0 Å². The topological polar surface area (TPSA) is 60.0 Å². The van der Waals surface area contributed by atoms with E-state index in [0.717, 1.165) is 18.7 Å². The zero-order chi connectivity index (χ0) is 15.8. The van der Waals surface area contributed by atoms with Gasteiger partial charge in [-0.05, 0) is 19.4 Å². The van der Waals surface area contributed by atoms with Crippen LogP contribution in [-0.2, 0) is 0 Å². The molecule has 0 saturated carbocycles. The molecule has 0 N–H and O–H groups in total. The molecular weight excluding hydrogens is 290 g/mol. The third-order valence-corrected chi connectivity index (χ3v) is 4.37. The number of nitrogens with zero attached hydrogens (tertiary/aromatic N) is 5. The van der Waals surface area contributed by atoms with Gasteiger partial charge in [-0.3, -0.25) is 9.58 Å². The summed E-state index contributed by atoms with van der Waals surface area (Å²) in [6.45, 7) is 6.07. The average Bonchev–Trinajstić information content (AvgIpc) is 3.16. The first kappa shape index (κ1) is 14.1. The van der Waals surface area contributed by atoms with E-state index in [4.69, 9.17) is 4.52 Å². The molecule has 1 aromatic carbocycles. The van der Waals surface area contributed by atoms with E-state index in [2.05, 4.69) is 40.2 Å². The number of hydrogen-bond acceptors (Lipinski definition) is 5. The van der Waals surface area contributed by atoms with Crippen molar-refractivity contribution < 1.29 is 4.52 Å². The second-order valence-electron chi connectivity index (χ2n) is 6.10. The van der Waals surface area contributed by atoms with Crippen LogP contribution in [-0.4, -0.2) is 37.9 Å². The molecule has 3 aromatic rings. The third kappa shape index (κ3) is 2.66. The lowest BCUT2D eigenvalue weighted by molar-refractivity contribution is 0.0456. The van der Waals surface area contributed by atoms with Gasteiger partial charge in [-0.2, -0.15) is 10.1 Å². The van der Waals surface area contributed by atoms with Crippen molar-refractivity contribution >= 4 is 0 Å². The monoisotopic (exact) mass is 309 g/mol. The summed E-state index contributed by atoms with van der Waals surface area (Å²) in [5.41, 5.74) is 2.17. The highest BCUT2D eigenvalue weighted by atomic mass is 16.5.